The monoisotopic (exact) mass is 193 g/mol. The van der Waals surface area contributed by atoms with Crippen molar-refractivity contribution in [1.29, 1.82) is 5.26 Å². The molecule has 3 heteroatoms. The summed E-state index contributed by atoms with van der Waals surface area (Å²) in [6.07, 6.45) is 0.324. The number of halogens is 1. The predicted molar refractivity (Wildman–Crippen MR) is 50.6 cm³/mol. The zero-order valence-electron chi connectivity index (χ0n) is 7.17. The van der Waals surface area contributed by atoms with Crippen LogP contribution in [0.1, 0.15) is 18.1 Å². The number of Topliss-reactive ketones (excluding diaryl/α,β-unsaturated/α-hetero) is 1. The van der Waals surface area contributed by atoms with Crippen LogP contribution in [0.2, 0.25) is 5.02 Å². The molecule has 0 radical (unpaired) electrons. The molecule has 0 amide bonds. The highest BCUT2D eigenvalue weighted by Crippen LogP contribution is 2.18. The molecular formula is C10H8ClNO. The lowest BCUT2D eigenvalue weighted by Crippen LogP contribution is -1.97. The van der Waals surface area contributed by atoms with E-state index in [2.05, 4.69) is 0 Å². The molecule has 0 saturated carbocycles. The van der Waals surface area contributed by atoms with Gasteiger partial charge in [0, 0.05) is 11.4 Å². The molecule has 0 atom stereocenters. The molecule has 1 aromatic rings. The van der Waals surface area contributed by atoms with E-state index in [9.17, 15) is 4.79 Å². The molecule has 0 aliphatic rings. The maximum atomic E-state index is 10.8. The smallest absolute Gasteiger partial charge is 0.134 e. The molecule has 0 spiro atoms. The van der Waals surface area contributed by atoms with Crippen molar-refractivity contribution in [3.8, 4) is 6.07 Å². The molecule has 0 aliphatic carbocycles. The minimum Gasteiger partial charge on any atom is -0.300 e. The average molecular weight is 194 g/mol. The highest BCUT2D eigenvalue weighted by atomic mass is 35.5. The van der Waals surface area contributed by atoms with E-state index >= 15 is 0 Å². The van der Waals surface area contributed by atoms with E-state index in [1.165, 1.54) is 6.92 Å². The molecule has 1 rings (SSSR count). The van der Waals surface area contributed by atoms with Crippen LogP contribution in [0.4, 0.5) is 0 Å². The molecule has 0 fully saturated rings. The minimum atomic E-state index is 0.0617. The summed E-state index contributed by atoms with van der Waals surface area (Å²) >= 11 is 5.85. The first-order valence-electron chi connectivity index (χ1n) is 3.81. The Bertz CT molecular complexity index is 379. The molecule has 0 N–H and O–H groups in total. The lowest BCUT2D eigenvalue weighted by atomic mass is 10.1. The van der Waals surface area contributed by atoms with E-state index in [1.807, 2.05) is 6.07 Å². The third kappa shape index (κ3) is 2.57. The van der Waals surface area contributed by atoms with Gasteiger partial charge < -0.3 is 0 Å². The quantitative estimate of drug-likeness (QED) is 0.724. The summed E-state index contributed by atoms with van der Waals surface area (Å²) in [6, 6.07) is 6.92. The molecular weight excluding hydrogens is 186 g/mol. The zero-order chi connectivity index (χ0) is 9.84. The van der Waals surface area contributed by atoms with Gasteiger partial charge in [-0.05, 0) is 24.6 Å². The topological polar surface area (TPSA) is 40.9 Å². The van der Waals surface area contributed by atoms with E-state index < -0.39 is 0 Å². The highest BCUT2D eigenvalue weighted by Gasteiger charge is 2.03. The maximum Gasteiger partial charge on any atom is 0.134 e. The van der Waals surface area contributed by atoms with Gasteiger partial charge in [-0.1, -0.05) is 17.7 Å². The lowest BCUT2D eigenvalue weighted by molar-refractivity contribution is -0.116. The highest BCUT2D eigenvalue weighted by molar-refractivity contribution is 6.31. The molecule has 2 nitrogen and oxygen atoms in total. The summed E-state index contributed by atoms with van der Waals surface area (Å²) in [7, 11) is 0. The number of nitrogens with zero attached hydrogens (tertiary/aromatic N) is 1. The summed E-state index contributed by atoms with van der Waals surface area (Å²) in [6.45, 7) is 1.51. The van der Waals surface area contributed by atoms with Crippen molar-refractivity contribution in [2.75, 3.05) is 0 Å². The van der Waals surface area contributed by atoms with E-state index in [0.717, 1.165) is 5.56 Å². The number of benzene rings is 1. The number of nitriles is 1. The van der Waals surface area contributed by atoms with Crippen LogP contribution in [0.15, 0.2) is 18.2 Å². The summed E-state index contributed by atoms with van der Waals surface area (Å²) in [5, 5.41) is 9.04. The van der Waals surface area contributed by atoms with Crippen molar-refractivity contribution >= 4 is 17.4 Å². The molecule has 0 aliphatic heterocycles. The maximum absolute atomic E-state index is 10.8. The van der Waals surface area contributed by atoms with Gasteiger partial charge in [0.1, 0.15) is 5.78 Å². The SMILES string of the molecule is CC(=O)Cc1ccc(C#N)cc1Cl. The number of rotatable bonds is 2. The van der Waals surface area contributed by atoms with Crippen LogP contribution in [-0.2, 0) is 11.2 Å². The number of carbonyl (C=O) groups is 1. The van der Waals surface area contributed by atoms with Gasteiger partial charge in [0.05, 0.1) is 11.6 Å². The normalized spacial score (nSPS) is 9.31. The Labute approximate surface area is 81.7 Å². The van der Waals surface area contributed by atoms with Crippen LogP contribution in [0.25, 0.3) is 0 Å². The van der Waals surface area contributed by atoms with Crippen molar-refractivity contribution in [3.05, 3.63) is 34.3 Å². The van der Waals surface area contributed by atoms with Gasteiger partial charge in [-0.15, -0.1) is 0 Å². The summed E-state index contributed by atoms with van der Waals surface area (Å²) in [5.74, 6) is 0.0617. The summed E-state index contributed by atoms with van der Waals surface area (Å²) in [5.41, 5.74) is 1.28. The van der Waals surface area contributed by atoms with E-state index in [0.29, 0.717) is 17.0 Å². The fraction of sp³-hybridized carbons (Fsp3) is 0.200. The lowest BCUT2D eigenvalue weighted by Gasteiger charge is -2.00. The third-order valence-electron chi connectivity index (χ3n) is 1.62. The minimum absolute atomic E-state index is 0.0617. The Morgan fingerprint density at radius 2 is 2.31 bits per heavy atom. The Morgan fingerprint density at radius 3 is 2.77 bits per heavy atom. The average Bonchev–Trinajstić information content (AvgIpc) is 2.08. The van der Waals surface area contributed by atoms with Crippen molar-refractivity contribution in [2.24, 2.45) is 0 Å². The Balaban J connectivity index is 3.00. The first-order valence-corrected chi connectivity index (χ1v) is 4.19. The van der Waals surface area contributed by atoms with Crippen LogP contribution in [-0.4, -0.2) is 5.78 Å². The molecule has 0 unspecified atom stereocenters. The second-order valence-electron chi connectivity index (χ2n) is 2.80. The number of hydrogen-bond acceptors (Lipinski definition) is 2. The number of carbonyl (C=O) groups excluding carboxylic acids is 1. The molecule has 0 aromatic heterocycles. The molecule has 13 heavy (non-hydrogen) atoms. The summed E-state index contributed by atoms with van der Waals surface area (Å²) < 4.78 is 0. The van der Waals surface area contributed by atoms with Crippen LogP contribution in [0.3, 0.4) is 0 Å². The Morgan fingerprint density at radius 1 is 1.62 bits per heavy atom. The fourth-order valence-corrected chi connectivity index (χ4v) is 1.28. The van der Waals surface area contributed by atoms with E-state index in [1.54, 1.807) is 18.2 Å². The van der Waals surface area contributed by atoms with Crippen LogP contribution in [0, 0.1) is 11.3 Å². The van der Waals surface area contributed by atoms with Gasteiger partial charge in [-0.2, -0.15) is 5.26 Å². The van der Waals surface area contributed by atoms with Crippen molar-refractivity contribution in [1.82, 2.24) is 0 Å². The fourth-order valence-electron chi connectivity index (χ4n) is 1.03. The van der Waals surface area contributed by atoms with Crippen LogP contribution < -0.4 is 0 Å². The molecule has 0 heterocycles. The molecule has 0 saturated heterocycles. The standard InChI is InChI=1S/C10H8ClNO/c1-7(13)4-9-3-2-8(6-12)5-10(9)11/h2-3,5H,4H2,1H3. The van der Waals surface area contributed by atoms with Gasteiger partial charge in [-0.25, -0.2) is 0 Å². The van der Waals surface area contributed by atoms with Crippen LogP contribution in [0.5, 0.6) is 0 Å². The van der Waals surface area contributed by atoms with Gasteiger partial charge in [0.15, 0.2) is 0 Å². The van der Waals surface area contributed by atoms with E-state index in [4.69, 9.17) is 16.9 Å². The molecule has 66 valence electrons. The van der Waals surface area contributed by atoms with Gasteiger partial charge in [0.2, 0.25) is 0 Å². The van der Waals surface area contributed by atoms with Crippen molar-refractivity contribution in [2.45, 2.75) is 13.3 Å². The predicted octanol–water partition coefficient (Wildman–Crippen LogP) is 2.34. The van der Waals surface area contributed by atoms with Crippen molar-refractivity contribution < 1.29 is 4.79 Å². The van der Waals surface area contributed by atoms with Gasteiger partial charge in [-0.3, -0.25) is 4.79 Å². The number of ketones is 1. The largest absolute Gasteiger partial charge is 0.300 e. The first kappa shape index (κ1) is 9.76. The van der Waals surface area contributed by atoms with Gasteiger partial charge >= 0.3 is 0 Å². The summed E-state index contributed by atoms with van der Waals surface area (Å²) in [4.78, 5) is 10.8. The van der Waals surface area contributed by atoms with Gasteiger partial charge in [0.25, 0.3) is 0 Å². The second-order valence-corrected chi connectivity index (χ2v) is 3.20. The van der Waals surface area contributed by atoms with Crippen LogP contribution >= 0.6 is 11.6 Å². The zero-order valence-corrected chi connectivity index (χ0v) is 7.93. The molecule has 1 aromatic carbocycles. The third-order valence-corrected chi connectivity index (χ3v) is 1.97. The molecule has 0 bridgehead atoms. The van der Waals surface area contributed by atoms with Crippen molar-refractivity contribution in [3.63, 3.8) is 0 Å². The second kappa shape index (κ2) is 4.06. The Hall–Kier alpha value is -1.33. The Kier molecular flexibility index (Phi) is 3.05. The number of hydrogen-bond donors (Lipinski definition) is 0. The van der Waals surface area contributed by atoms with E-state index in [-0.39, 0.29) is 5.78 Å². The first-order chi connectivity index (χ1) is 6.13.